The molecule has 0 bridgehead atoms. The Balaban J connectivity index is 2.00. The van der Waals surface area contributed by atoms with Crippen LogP contribution in [0.3, 0.4) is 0 Å². The highest BCUT2D eigenvalue weighted by atomic mass is 35.5. The first kappa shape index (κ1) is 14.3. The van der Waals surface area contributed by atoms with E-state index in [1.54, 1.807) is 42.5 Å². The van der Waals surface area contributed by atoms with Crippen LogP contribution in [0, 0.1) is 6.92 Å². The highest BCUT2D eigenvalue weighted by Gasteiger charge is 2.12. The highest BCUT2D eigenvalue weighted by molar-refractivity contribution is 6.34. The van der Waals surface area contributed by atoms with E-state index in [4.69, 9.17) is 11.6 Å². The van der Waals surface area contributed by atoms with E-state index in [0.717, 1.165) is 5.56 Å². The average molecular weight is 288 g/mol. The number of carbonyl (C=O) groups is 2. The molecule has 1 amide bonds. The Morgan fingerprint density at radius 2 is 1.80 bits per heavy atom. The van der Waals surface area contributed by atoms with Crippen LogP contribution < -0.4 is 5.32 Å². The van der Waals surface area contributed by atoms with Crippen LogP contribution in [-0.2, 0) is 0 Å². The third-order valence-corrected chi connectivity index (χ3v) is 3.19. The van der Waals surface area contributed by atoms with Crippen LogP contribution in [0.15, 0.2) is 48.5 Å². The van der Waals surface area contributed by atoms with Gasteiger partial charge in [0.25, 0.3) is 5.91 Å². The molecule has 1 N–H and O–H groups in total. The van der Waals surface area contributed by atoms with Crippen LogP contribution in [0.5, 0.6) is 0 Å². The zero-order valence-corrected chi connectivity index (χ0v) is 11.8. The van der Waals surface area contributed by atoms with Crippen LogP contribution in [0.4, 0.5) is 0 Å². The maximum absolute atomic E-state index is 12.0. The Morgan fingerprint density at radius 3 is 2.45 bits per heavy atom. The van der Waals surface area contributed by atoms with E-state index in [9.17, 15) is 9.59 Å². The fourth-order valence-electron chi connectivity index (χ4n) is 1.79. The molecule has 2 aromatic rings. The van der Waals surface area contributed by atoms with E-state index in [1.165, 1.54) is 0 Å². The second-order valence-electron chi connectivity index (χ2n) is 4.46. The van der Waals surface area contributed by atoms with Gasteiger partial charge in [0.05, 0.1) is 17.1 Å². The van der Waals surface area contributed by atoms with E-state index in [1.807, 2.05) is 13.0 Å². The van der Waals surface area contributed by atoms with Gasteiger partial charge in [-0.1, -0.05) is 48.0 Å². The largest absolute Gasteiger partial charge is 0.345 e. The number of rotatable bonds is 4. The number of ketones is 1. The third-order valence-electron chi connectivity index (χ3n) is 2.87. The molecular formula is C16H14ClNO2. The lowest BCUT2D eigenvalue weighted by Crippen LogP contribution is -2.29. The number of halogens is 1. The molecule has 0 aromatic heterocycles. The van der Waals surface area contributed by atoms with Crippen molar-refractivity contribution in [3.05, 3.63) is 70.2 Å². The number of carbonyl (C=O) groups excluding carboxylic acids is 2. The molecule has 4 heteroatoms. The Labute approximate surface area is 122 Å². The summed E-state index contributed by atoms with van der Waals surface area (Å²) in [5.74, 6) is -0.485. The van der Waals surface area contributed by atoms with Gasteiger partial charge in [-0.25, -0.2) is 0 Å². The summed E-state index contributed by atoms with van der Waals surface area (Å²) in [4.78, 5) is 23.8. The maximum Gasteiger partial charge on any atom is 0.253 e. The molecule has 0 fully saturated rings. The molecule has 2 rings (SSSR count). The lowest BCUT2D eigenvalue weighted by atomic mass is 10.1. The second kappa shape index (κ2) is 6.35. The Kier molecular flexibility index (Phi) is 4.53. The molecule has 0 heterocycles. The minimum absolute atomic E-state index is 0.0486. The van der Waals surface area contributed by atoms with Crippen molar-refractivity contribution in [2.45, 2.75) is 6.92 Å². The summed E-state index contributed by atoms with van der Waals surface area (Å²) in [6.07, 6.45) is 0. The Morgan fingerprint density at radius 1 is 1.10 bits per heavy atom. The molecule has 0 unspecified atom stereocenters. The second-order valence-corrected chi connectivity index (χ2v) is 4.86. The fourth-order valence-corrected chi connectivity index (χ4v) is 2.11. The normalized spacial score (nSPS) is 10.1. The summed E-state index contributed by atoms with van der Waals surface area (Å²) in [5, 5.41) is 2.97. The van der Waals surface area contributed by atoms with Gasteiger partial charge in [0.15, 0.2) is 5.78 Å². The van der Waals surface area contributed by atoms with E-state index in [-0.39, 0.29) is 18.2 Å². The highest BCUT2D eigenvalue weighted by Crippen LogP contribution is 2.17. The molecule has 20 heavy (non-hydrogen) atoms. The average Bonchev–Trinajstić information content (AvgIpc) is 2.45. The van der Waals surface area contributed by atoms with Gasteiger partial charge in [-0.05, 0) is 24.6 Å². The van der Waals surface area contributed by atoms with Crippen molar-refractivity contribution >= 4 is 23.3 Å². The fraction of sp³-hybridized carbons (Fsp3) is 0.125. The van der Waals surface area contributed by atoms with Gasteiger partial charge in [0.2, 0.25) is 0 Å². The third kappa shape index (κ3) is 3.45. The first-order valence-electron chi connectivity index (χ1n) is 6.20. The zero-order chi connectivity index (χ0) is 14.5. The predicted molar refractivity (Wildman–Crippen MR) is 79.3 cm³/mol. The number of hydrogen-bond acceptors (Lipinski definition) is 2. The van der Waals surface area contributed by atoms with Crippen LogP contribution >= 0.6 is 11.6 Å². The molecule has 3 nitrogen and oxygen atoms in total. The first-order valence-corrected chi connectivity index (χ1v) is 6.58. The van der Waals surface area contributed by atoms with Crippen molar-refractivity contribution in [2.24, 2.45) is 0 Å². The summed E-state index contributed by atoms with van der Waals surface area (Å²) in [5.41, 5.74) is 1.92. The summed E-state index contributed by atoms with van der Waals surface area (Å²) in [6, 6.07) is 14.0. The Bertz CT molecular complexity index is 638. The molecule has 0 saturated heterocycles. The summed E-state index contributed by atoms with van der Waals surface area (Å²) in [7, 11) is 0. The van der Waals surface area contributed by atoms with Crippen LogP contribution in [0.25, 0.3) is 0 Å². The molecule has 0 aliphatic carbocycles. The molecule has 0 saturated carbocycles. The monoisotopic (exact) mass is 287 g/mol. The quantitative estimate of drug-likeness (QED) is 0.877. The number of aryl methyl sites for hydroxylation is 1. The van der Waals surface area contributed by atoms with Crippen molar-refractivity contribution in [2.75, 3.05) is 6.54 Å². The van der Waals surface area contributed by atoms with E-state index >= 15 is 0 Å². The molecule has 2 aromatic carbocycles. The maximum atomic E-state index is 12.0. The van der Waals surface area contributed by atoms with Crippen molar-refractivity contribution in [1.82, 2.24) is 5.32 Å². The molecule has 102 valence electrons. The van der Waals surface area contributed by atoms with Crippen molar-refractivity contribution in [3.63, 3.8) is 0 Å². The van der Waals surface area contributed by atoms with Gasteiger partial charge in [0.1, 0.15) is 0 Å². The molecule has 0 atom stereocenters. The topological polar surface area (TPSA) is 46.2 Å². The van der Waals surface area contributed by atoms with E-state index < -0.39 is 0 Å². The summed E-state index contributed by atoms with van der Waals surface area (Å²) >= 11 is 6.01. The number of amides is 1. The van der Waals surface area contributed by atoms with Crippen LogP contribution in [0.2, 0.25) is 5.02 Å². The standard InChI is InChI=1S/C16H14ClNO2/c1-11-7-8-13(14(17)9-11)16(20)18-10-15(19)12-5-3-2-4-6-12/h2-9H,10H2,1H3,(H,18,20). The van der Waals surface area contributed by atoms with Crippen molar-refractivity contribution < 1.29 is 9.59 Å². The molecule has 0 radical (unpaired) electrons. The number of hydrogen-bond donors (Lipinski definition) is 1. The van der Waals surface area contributed by atoms with Gasteiger partial charge >= 0.3 is 0 Å². The summed E-state index contributed by atoms with van der Waals surface area (Å²) < 4.78 is 0. The van der Waals surface area contributed by atoms with Gasteiger partial charge in [-0.3, -0.25) is 9.59 Å². The van der Waals surface area contributed by atoms with Gasteiger partial charge in [-0.15, -0.1) is 0 Å². The van der Waals surface area contributed by atoms with Crippen molar-refractivity contribution in [1.29, 1.82) is 0 Å². The number of nitrogens with one attached hydrogen (secondary N) is 1. The Hall–Kier alpha value is -2.13. The summed E-state index contributed by atoms with van der Waals surface area (Å²) in [6.45, 7) is 1.85. The number of Topliss-reactive ketones (excluding diaryl/α,β-unsaturated/α-hetero) is 1. The van der Waals surface area contributed by atoms with E-state index in [0.29, 0.717) is 16.1 Å². The van der Waals surface area contributed by atoms with Gasteiger partial charge in [-0.2, -0.15) is 0 Å². The first-order chi connectivity index (χ1) is 9.58. The van der Waals surface area contributed by atoms with Crippen molar-refractivity contribution in [3.8, 4) is 0 Å². The molecule has 0 aliphatic rings. The molecule has 0 aliphatic heterocycles. The van der Waals surface area contributed by atoms with Crippen LogP contribution in [-0.4, -0.2) is 18.2 Å². The smallest absolute Gasteiger partial charge is 0.253 e. The lowest BCUT2D eigenvalue weighted by molar-refractivity contribution is 0.0904. The molecule has 0 spiro atoms. The van der Waals surface area contributed by atoms with Gasteiger partial charge < -0.3 is 5.32 Å². The minimum atomic E-state index is -0.348. The number of benzene rings is 2. The van der Waals surface area contributed by atoms with E-state index in [2.05, 4.69) is 5.32 Å². The minimum Gasteiger partial charge on any atom is -0.345 e. The zero-order valence-electron chi connectivity index (χ0n) is 11.0. The predicted octanol–water partition coefficient (Wildman–Crippen LogP) is 3.26. The molecular weight excluding hydrogens is 274 g/mol. The lowest BCUT2D eigenvalue weighted by Gasteiger charge is -2.07. The van der Waals surface area contributed by atoms with Gasteiger partial charge in [0, 0.05) is 5.56 Å². The SMILES string of the molecule is Cc1ccc(C(=O)NCC(=O)c2ccccc2)c(Cl)c1. The van der Waals surface area contributed by atoms with Crippen LogP contribution in [0.1, 0.15) is 26.3 Å².